The molecule has 2 aromatic rings. The van der Waals surface area contributed by atoms with Crippen molar-refractivity contribution in [2.75, 3.05) is 42.5 Å². The number of rotatable bonds is 1. The first-order chi connectivity index (χ1) is 17.6. The number of benzene rings is 1. The molecule has 4 aliphatic heterocycles. The highest BCUT2D eigenvalue weighted by Gasteiger charge is 2.63. The van der Waals surface area contributed by atoms with Crippen molar-refractivity contribution in [1.29, 1.82) is 0 Å². The average molecular weight is 516 g/mol. The average Bonchev–Trinajstić information content (AvgIpc) is 3.26. The zero-order chi connectivity index (χ0) is 26.2. The first-order valence-electron chi connectivity index (χ1n) is 12.0. The number of imide groups is 2. The molecular weight excluding hydrogens is 491 g/mol. The van der Waals surface area contributed by atoms with Crippen molar-refractivity contribution in [3.63, 3.8) is 0 Å². The van der Waals surface area contributed by atoms with Crippen LogP contribution in [0.5, 0.6) is 0 Å². The number of carbonyl (C=O) groups excluding carboxylic acids is 3. The Bertz CT molecular complexity index is 1330. The number of piperazine rings is 1. The first kappa shape index (κ1) is 23.5. The molecule has 1 spiro atoms. The number of fused-ring (bicyclic) bond motifs is 5. The Balaban J connectivity index is 1.49. The molecule has 13 nitrogen and oxygen atoms in total. The second kappa shape index (κ2) is 8.03. The fraction of sp³-hybridized carbons (Fsp3) is 0.522. The number of barbiturate groups is 1. The van der Waals surface area contributed by atoms with Crippen LogP contribution in [0.4, 0.5) is 25.5 Å². The predicted octanol–water partition coefficient (Wildman–Crippen LogP) is 0.658. The molecule has 3 atom stereocenters. The summed E-state index contributed by atoms with van der Waals surface area (Å²) in [6, 6.07) is -0.106. The molecule has 3 saturated heterocycles. The number of hydrogen-bond donors (Lipinski definition) is 3. The molecular formula is C23H25FN6O7. The number of morpholine rings is 1. The van der Waals surface area contributed by atoms with Crippen LogP contribution in [0.1, 0.15) is 19.4 Å². The smallest absolute Gasteiger partial charge is 0.407 e. The van der Waals surface area contributed by atoms with E-state index in [4.69, 9.17) is 9.26 Å². The van der Waals surface area contributed by atoms with Crippen LogP contribution in [0, 0.1) is 11.2 Å². The van der Waals surface area contributed by atoms with Gasteiger partial charge < -0.3 is 29.1 Å². The Labute approximate surface area is 209 Å². The van der Waals surface area contributed by atoms with Gasteiger partial charge in [-0.1, -0.05) is 5.16 Å². The van der Waals surface area contributed by atoms with Crippen LogP contribution in [0.25, 0.3) is 11.0 Å². The first-order valence-corrected chi connectivity index (χ1v) is 12.0. The fourth-order valence-corrected chi connectivity index (χ4v) is 6.27. The van der Waals surface area contributed by atoms with Crippen molar-refractivity contribution in [2.45, 2.75) is 38.5 Å². The lowest BCUT2D eigenvalue weighted by molar-refractivity contribution is -0.153. The number of urea groups is 1. The van der Waals surface area contributed by atoms with E-state index in [-0.39, 0.29) is 43.4 Å². The number of aromatic nitrogens is 1. The Morgan fingerprint density at radius 2 is 1.84 bits per heavy atom. The standard InChI is InChI=1S/C23H25FN6O7/c1-10-9-30-15-12(8-23(17(30)11(2)36-10)19(31)25-21(33)26-20(23)32)7-13-16(14(15)24)37-27-18(13)28-3-5-29(6-4-28)22(34)35/h7,10-11,17H,3-6,8-9H2,1-2H3,(H,34,35)(H2,25,26,31,32,33)/t10-,11+,17-/m1/s1. The summed E-state index contributed by atoms with van der Waals surface area (Å²) in [5.41, 5.74) is -1.19. The number of carbonyl (C=O) groups is 4. The van der Waals surface area contributed by atoms with Gasteiger partial charge in [0.15, 0.2) is 17.1 Å². The highest BCUT2D eigenvalue weighted by atomic mass is 19.1. The van der Waals surface area contributed by atoms with E-state index in [0.29, 0.717) is 29.9 Å². The summed E-state index contributed by atoms with van der Waals surface area (Å²) in [4.78, 5) is 54.6. The van der Waals surface area contributed by atoms with Gasteiger partial charge in [-0.25, -0.2) is 14.0 Å². The van der Waals surface area contributed by atoms with Crippen molar-refractivity contribution < 1.29 is 37.9 Å². The maximum absolute atomic E-state index is 16.2. The number of ether oxygens (including phenoxy) is 1. The Hall–Kier alpha value is -3.94. The molecule has 0 unspecified atom stereocenters. The predicted molar refractivity (Wildman–Crippen MR) is 125 cm³/mol. The van der Waals surface area contributed by atoms with Crippen LogP contribution in [0.2, 0.25) is 0 Å². The maximum Gasteiger partial charge on any atom is 0.407 e. The number of nitrogens with zero attached hydrogens (tertiary/aromatic N) is 4. The summed E-state index contributed by atoms with van der Waals surface area (Å²) < 4.78 is 27.6. The Morgan fingerprint density at radius 3 is 2.49 bits per heavy atom. The van der Waals surface area contributed by atoms with E-state index in [1.165, 1.54) is 4.90 Å². The van der Waals surface area contributed by atoms with Gasteiger partial charge in [-0.3, -0.25) is 20.2 Å². The summed E-state index contributed by atoms with van der Waals surface area (Å²) in [5.74, 6) is -1.83. The molecule has 0 radical (unpaired) electrons. The number of nitrogens with one attached hydrogen (secondary N) is 2. The molecule has 3 fully saturated rings. The lowest BCUT2D eigenvalue weighted by Gasteiger charge is -2.55. The Morgan fingerprint density at radius 1 is 1.16 bits per heavy atom. The molecule has 0 bridgehead atoms. The normalized spacial score (nSPS) is 27.2. The van der Waals surface area contributed by atoms with Crippen LogP contribution in [0.3, 0.4) is 0 Å². The topological polar surface area (TPSA) is 158 Å². The van der Waals surface area contributed by atoms with Gasteiger partial charge in [-0.05, 0) is 25.5 Å². The van der Waals surface area contributed by atoms with Crippen molar-refractivity contribution in [2.24, 2.45) is 5.41 Å². The molecule has 0 saturated carbocycles. The van der Waals surface area contributed by atoms with E-state index in [2.05, 4.69) is 15.8 Å². The minimum absolute atomic E-state index is 0.0661. The van der Waals surface area contributed by atoms with E-state index in [1.54, 1.807) is 17.9 Å². The van der Waals surface area contributed by atoms with Gasteiger partial charge in [0, 0.05) is 39.1 Å². The van der Waals surface area contributed by atoms with E-state index in [1.807, 2.05) is 11.8 Å². The van der Waals surface area contributed by atoms with Gasteiger partial charge in [0.25, 0.3) is 0 Å². The SMILES string of the molecule is C[C@@H]1CN2c3c(cc4c(N5CCN(C(=O)O)CC5)noc4c3F)CC3(C(=O)NC(=O)NC3=O)[C@H]2[C@H](C)O1. The third kappa shape index (κ3) is 3.27. The third-order valence-corrected chi connectivity index (χ3v) is 7.80. The maximum atomic E-state index is 16.2. The largest absolute Gasteiger partial charge is 0.465 e. The van der Waals surface area contributed by atoms with Gasteiger partial charge >= 0.3 is 12.1 Å². The summed E-state index contributed by atoms with van der Waals surface area (Å²) in [6.07, 6.45) is -2.13. The molecule has 37 heavy (non-hydrogen) atoms. The van der Waals surface area contributed by atoms with Gasteiger partial charge in [-0.15, -0.1) is 0 Å². The number of carboxylic acid groups (broad SMARTS) is 1. The van der Waals surface area contributed by atoms with Crippen LogP contribution < -0.4 is 20.4 Å². The molecule has 14 heteroatoms. The lowest BCUT2D eigenvalue weighted by Crippen LogP contribution is -2.75. The van der Waals surface area contributed by atoms with Crippen molar-refractivity contribution in [3.05, 3.63) is 17.4 Å². The molecule has 6 rings (SSSR count). The molecule has 1 aromatic carbocycles. The van der Waals surface area contributed by atoms with Crippen LogP contribution in [0.15, 0.2) is 10.6 Å². The minimum atomic E-state index is -1.73. The molecule has 1 aromatic heterocycles. The summed E-state index contributed by atoms with van der Waals surface area (Å²) in [5, 5.41) is 18.1. The second-order valence-corrected chi connectivity index (χ2v) is 9.97. The molecule has 0 aliphatic carbocycles. The van der Waals surface area contributed by atoms with Crippen molar-refractivity contribution in [3.8, 4) is 0 Å². The van der Waals surface area contributed by atoms with Crippen LogP contribution in [-0.4, -0.2) is 90.1 Å². The number of anilines is 2. The molecule has 196 valence electrons. The van der Waals surface area contributed by atoms with Crippen molar-refractivity contribution >= 4 is 46.4 Å². The highest BCUT2D eigenvalue weighted by Crippen LogP contribution is 2.49. The van der Waals surface area contributed by atoms with Crippen LogP contribution >= 0.6 is 0 Å². The van der Waals surface area contributed by atoms with E-state index >= 15 is 4.39 Å². The number of amides is 5. The molecule has 3 N–H and O–H groups in total. The van der Waals surface area contributed by atoms with Gasteiger partial charge in [0.2, 0.25) is 17.4 Å². The van der Waals surface area contributed by atoms with Gasteiger partial charge in [-0.2, -0.15) is 0 Å². The van der Waals surface area contributed by atoms with Gasteiger partial charge in [0.1, 0.15) is 0 Å². The zero-order valence-electron chi connectivity index (χ0n) is 20.1. The molecule has 5 heterocycles. The lowest BCUT2D eigenvalue weighted by atomic mass is 9.66. The van der Waals surface area contributed by atoms with Gasteiger partial charge in [0.05, 0.1) is 29.3 Å². The second-order valence-electron chi connectivity index (χ2n) is 9.97. The zero-order valence-corrected chi connectivity index (χ0v) is 20.1. The minimum Gasteiger partial charge on any atom is -0.465 e. The van der Waals surface area contributed by atoms with E-state index < -0.39 is 47.3 Å². The summed E-state index contributed by atoms with van der Waals surface area (Å²) >= 11 is 0. The number of halogens is 1. The fourth-order valence-electron chi connectivity index (χ4n) is 6.27. The van der Waals surface area contributed by atoms with Crippen LogP contribution in [-0.2, 0) is 20.7 Å². The quantitative estimate of drug-likeness (QED) is 0.460. The van der Waals surface area contributed by atoms with E-state index in [9.17, 15) is 24.3 Å². The highest BCUT2D eigenvalue weighted by molar-refractivity contribution is 6.20. The third-order valence-electron chi connectivity index (χ3n) is 7.80. The molecule has 4 aliphatic rings. The number of hydrogen-bond acceptors (Lipinski definition) is 9. The Kier molecular flexibility index (Phi) is 5.09. The monoisotopic (exact) mass is 516 g/mol. The van der Waals surface area contributed by atoms with E-state index in [0.717, 1.165) is 0 Å². The van der Waals surface area contributed by atoms with Crippen molar-refractivity contribution in [1.82, 2.24) is 20.7 Å². The summed E-state index contributed by atoms with van der Waals surface area (Å²) in [7, 11) is 0. The molecule has 5 amide bonds. The summed E-state index contributed by atoms with van der Waals surface area (Å²) in [6.45, 7) is 4.92.